The van der Waals surface area contributed by atoms with Gasteiger partial charge < -0.3 is 15.5 Å². The fourth-order valence-corrected chi connectivity index (χ4v) is 2.10. The van der Waals surface area contributed by atoms with Crippen molar-refractivity contribution in [2.45, 2.75) is 46.6 Å². The third-order valence-electron chi connectivity index (χ3n) is 2.77. The van der Waals surface area contributed by atoms with Gasteiger partial charge in [-0.15, -0.1) is 0 Å². The second-order valence-corrected chi connectivity index (χ2v) is 5.76. The Morgan fingerprint density at radius 3 is 2.24 bits per heavy atom. The number of rotatable bonds is 8. The highest BCUT2D eigenvalue weighted by atomic mass is 16.3. The number of aliphatic hydroxyl groups is 2. The summed E-state index contributed by atoms with van der Waals surface area (Å²) in [6, 6.07) is 0. The normalized spacial score (nSPS) is 13.5. The zero-order chi connectivity index (χ0) is 13.6. The Kier molecular flexibility index (Phi) is 6.32. The summed E-state index contributed by atoms with van der Waals surface area (Å²) in [6.45, 7) is 16.2. The Morgan fingerprint density at radius 2 is 1.82 bits per heavy atom. The molecule has 0 amide bonds. The van der Waals surface area contributed by atoms with Gasteiger partial charge >= 0.3 is 0 Å². The maximum absolute atomic E-state index is 10.2. The SMILES string of the molecule is C=C(O)CCNC(=C)[C@H](O)C(C)(C)CC(C)C. The van der Waals surface area contributed by atoms with Crippen LogP contribution in [0, 0.1) is 11.3 Å². The van der Waals surface area contributed by atoms with Crippen LogP contribution in [0.1, 0.15) is 40.5 Å². The Bertz CT molecular complexity index is 269. The van der Waals surface area contributed by atoms with E-state index in [0.29, 0.717) is 24.6 Å². The number of hydrogen-bond donors (Lipinski definition) is 3. The van der Waals surface area contributed by atoms with Crippen molar-refractivity contribution < 1.29 is 10.2 Å². The summed E-state index contributed by atoms with van der Waals surface area (Å²) in [5.41, 5.74) is 0.408. The highest BCUT2D eigenvalue weighted by molar-refractivity contribution is 5.05. The molecule has 0 aliphatic rings. The maximum atomic E-state index is 10.2. The van der Waals surface area contributed by atoms with Gasteiger partial charge in [0.25, 0.3) is 0 Å². The molecule has 3 nitrogen and oxygen atoms in total. The Balaban J connectivity index is 4.23. The lowest BCUT2D eigenvalue weighted by Crippen LogP contribution is -2.37. The van der Waals surface area contributed by atoms with Gasteiger partial charge in [0.2, 0.25) is 0 Å². The van der Waals surface area contributed by atoms with Crippen LogP contribution in [0.5, 0.6) is 0 Å². The molecule has 17 heavy (non-hydrogen) atoms. The molecular weight excluding hydrogens is 214 g/mol. The molecule has 0 aliphatic heterocycles. The first-order chi connectivity index (χ1) is 7.66. The molecule has 0 aromatic carbocycles. The van der Waals surface area contributed by atoms with E-state index in [-0.39, 0.29) is 11.2 Å². The summed E-state index contributed by atoms with van der Waals surface area (Å²) in [5.74, 6) is 0.672. The fourth-order valence-electron chi connectivity index (χ4n) is 2.10. The van der Waals surface area contributed by atoms with Crippen LogP contribution in [0.15, 0.2) is 24.6 Å². The van der Waals surface area contributed by atoms with E-state index in [9.17, 15) is 5.11 Å². The average molecular weight is 241 g/mol. The van der Waals surface area contributed by atoms with Gasteiger partial charge in [0.05, 0.1) is 11.9 Å². The smallest absolute Gasteiger partial charge is 0.0979 e. The lowest BCUT2D eigenvalue weighted by Gasteiger charge is -2.33. The lowest BCUT2D eigenvalue weighted by atomic mass is 9.78. The van der Waals surface area contributed by atoms with Crippen LogP contribution >= 0.6 is 0 Å². The first-order valence-corrected chi connectivity index (χ1v) is 6.14. The van der Waals surface area contributed by atoms with E-state index in [1.54, 1.807) is 0 Å². The summed E-state index contributed by atoms with van der Waals surface area (Å²) >= 11 is 0. The minimum absolute atomic E-state index is 0.140. The molecule has 0 rings (SSSR count). The van der Waals surface area contributed by atoms with E-state index in [4.69, 9.17) is 5.11 Å². The van der Waals surface area contributed by atoms with E-state index in [1.165, 1.54) is 0 Å². The topological polar surface area (TPSA) is 52.5 Å². The zero-order valence-electron chi connectivity index (χ0n) is 11.6. The molecule has 0 unspecified atom stereocenters. The van der Waals surface area contributed by atoms with Crippen molar-refractivity contribution in [3.63, 3.8) is 0 Å². The molecule has 0 saturated heterocycles. The molecule has 3 N–H and O–H groups in total. The van der Waals surface area contributed by atoms with E-state index < -0.39 is 6.10 Å². The predicted octanol–water partition coefficient (Wildman–Crippen LogP) is 2.98. The number of nitrogens with one attached hydrogen (secondary N) is 1. The summed E-state index contributed by atoms with van der Waals surface area (Å²) in [4.78, 5) is 0. The molecule has 0 heterocycles. The molecule has 0 bridgehead atoms. The van der Waals surface area contributed by atoms with Gasteiger partial charge in [-0.2, -0.15) is 0 Å². The molecule has 0 radical (unpaired) electrons. The summed E-state index contributed by atoms with van der Waals surface area (Å²) in [6.07, 6.45) is 0.814. The van der Waals surface area contributed by atoms with Gasteiger partial charge in [-0.3, -0.25) is 0 Å². The second kappa shape index (κ2) is 6.70. The standard InChI is InChI=1S/C14H27NO2/c1-10(2)9-14(5,6)13(17)12(4)15-8-7-11(3)16/h10,13,15-17H,3-4,7-9H2,1-2,5-6H3/t13-/m0/s1. The molecule has 0 aromatic rings. The first-order valence-electron chi connectivity index (χ1n) is 6.14. The number of aliphatic hydroxyl groups excluding tert-OH is 2. The first kappa shape index (κ1) is 16.0. The van der Waals surface area contributed by atoms with Gasteiger partial charge in [0.15, 0.2) is 0 Å². The van der Waals surface area contributed by atoms with Crippen LogP contribution in [0.25, 0.3) is 0 Å². The molecule has 0 saturated carbocycles. The van der Waals surface area contributed by atoms with Crippen molar-refractivity contribution in [1.29, 1.82) is 0 Å². The Labute approximate surface area is 105 Å². The molecular formula is C14H27NO2. The highest BCUT2D eigenvalue weighted by Gasteiger charge is 2.30. The van der Waals surface area contributed by atoms with Crippen LogP contribution in [0.4, 0.5) is 0 Å². The Hall–Kier alpha value is -0.960. The monoisotopic (exact) mass is 241 g/mol. The van der Waals surface area contributed by atoms with Crippen LogP contribution in [0.3, 0.4) is 0 Å². The number of hydrogen-bond acceptors (Lipinski definition) is 3. The van der Waals surface area contributed by atoms with E-state index in [1.807, 2.05) is 13.8 Å². The van der Waals surface area contributed by atoms with Crippen LogP contribution < -0.4 is 5.32 Å². The summed E-state index contributed by atoms with van der Waals surface area (Å²) in [7, 11) is 0. The maximum Gasteiger partial charge on any atom is 0.0979 e. The third-order valence-corrected chi connectivity index (χ3v) is 2.77. The molecule has 0 fully saturated rings. The van der Waals surface area contributed by atoms with Gasteiger partial charge in [-0.05, 0) is 17.8 Å². The van der Waals surface area contributed by atoms with Crippen molar-refractivity contribution in [2.24, 2.45) is 11.3 Å². The zero-order valence-corrected chi connectivity index (χ0v) is 11.6. The van der Waals surface area contributed by atoms with E-state index >= 15 is 0 Å². The third kappa shape index (κ3) is 6.37. The quantitative estimate of drug-likeness (QED) is 0.573. The van der Waals surface area contributed by atoms with Crippen molar-refractivity contribution in [3.05, 3.63) is 24.6 Å². The van der Waals surface area contributed by atoms with Crippen molar-refractivity contribution >= 4 is 0 Å². The Morgan fingerprint density at radius 1 is 1.29 bits per heavy atom. The molecule has 0 aromatic heterocycles. The van der Waals surface area contributed by atoms with Gasteiger partial charge in [-0.25, -0.2) is 0 Å². The van der Waals surface area contributed by atoms with Gasteiger partial charge in [-0.1, -0.05) is 40.9 Å². The average Bonchev–Trinajstić information content (AvgIpc) is 2.13. The highest BCUT2D eigenvalue weighted by Crippen LogP contribution is 2.31. The van der Waals surface area contributed by atoms with Crippen molar-refractivity contribution in [3.8, 4) is 0 Å². The second-order valence-electron chi connectivity index (χ2n) is 5.76. The molecule has 3 heteroatoms. The van der Waals surface area contributed by atoms with Gasteiger partial charge in [0.1, 0.15) is 0 Å². The van der Waals surface area contributed by atoms with Crippen LogP contribution in [0.2, 0.25) is 0 Å². The molecule has 0 aliphatic carbocycles. The van der Waals surface area contributed by atoms with Crippen LogP contribution in [-0.2, 0) is 0 Å². The van der Waals surface area contributed by atoms with Crippen LogP contribution in [-0.4, -0.2) is 22.9 Å². The molecule has 1 atom stereocenters. The van der Waals surface area contributed by atoms with E-state index in [2.05, 4.69) is 32.3 Å². The lowest BCUT2D eigenvalue weighted by molar-refractivity contribution is 0.0589. The predicted molar refractivity (Wildman–Crippen MR) is 72.8 cm³/mol. The van der Waals surface area contributed by atoms with Crippen molar-refractivity contribution in [1.82, 2.24) is 5.32 Å². The van der Waals surface area contributed by atoms with Crippen molar-refractivity contribution in [2.75, 3.05) is 6.54 Å². The largest absolute Gasteiger partial charge is 0.513 e. The molecule has 0 spiro atoms. The molecule has 100 valence electrons. The van der Waals surface area contributed by atoms with E-state index in [0.717, 1.165) is 6.42 Å². The fraction of sp³-hybridized carbons (Fsp3) is 0.714. The summed E-state index contributed by atoms with van der Waals surface area (Å²) in [5, 5.41) is 22.2. The minimum atomic E-state index is -0.586. The summed E-state index contributed by atoms with van der Waals surface area (Å²) < 4.78 is 0. The minimum Gasteiger partial charge on any atom is -0.513 e. The van der Waals surface area contributed by atoms with Gasteiger partial charge in [0, 0.05) is 18.7 Å².